The zero-order valence-corrected chi connectivity index (χ0v) is 13.3. The summed E-state index contributed by atoms with van der Waals surface area (Å²) in [7, 11) is 4.23. The van der Waals surface area contributed by atoms with Crippen molar-refractivity contribution in [1.29, 1.82) is 0 Å². The van der Waals surface area contributed by atoms with Crippen molar-refractivity contribution < 1.29 is 9.53 Å². The molecule has 0 spiro atoms. The molecule has 1 saturated carbocycles. The van der Waals surface area contributed by atoms with Crippen molar-refractivity contribution in [2.24, 2.45) is 0 Å². The number of nitrogens with one attached hydrogen (secondary N) is 1. The van der Waals surface area contributed by atoms with Crippen molar-refractivity contribution in [2.75, 3.05) is 33.8 Å². The lowest BCUT2D eigenvalue weighted by atomic mass is 10.0. The molecule has 1 saturated heterocycles. The van der Waals surface area contributed by atoms with Crippen LogP contribution >= 0.6 is 0 Å². The molecule has 0 unspecified atom stereocenters. The smallest absolute Gasteiger partial charge is 0.317 e. The van der Waals surface area contributed by atoms with Gasteiger partial charge in [-0.25, -0.2) is 4.79 Å². The molecule has 0 aromatic carbocycles. The highest BCUT2D eigenvalue weighted by molar-refractivity contribution is 5.74. The van der Waals surface area contributed by atoms with Crippen molar-refractivity contribution in [1.82, 2.24) is 15.1 Å². The summed E-state index contributed by atoms with van der Waals surface area (Å²) in [4.78, 5) is 16.6. The number of ether oxygens (including phenoxy) is 1. The van der Waals surface area contributed by atoms with E-state index >= 15 is 0 Å². The molecule has 1 aliphatic heterocycles. The number of hydrogen-bond acceptors (Lipinski definition) is 3. The largest absolute Gasteiger partial charge is 0.372 e. The molecule has 0 aromatic heterocycles. The molecular formula is C15H29N3O2. The standard InChI is InChI=1S/C15H29N3O2/c1-5-15(2)11-18(8-9-20-15)14(19)16-12-6-7-13(10-12)17(3)4/h12-13H,5-11H2,1-4H3,(H,16,19)/t12-,13+,15-/m1/s1. The molecule has 0 bridgehead atoms. The molecule has 2 fully saturated rings. The van der Waals surface area contributed by atoms with Crippen LogP contribution in [-0.2, 0) is 4.74 Å². The van der Waals surface area contributed by atoms with Crippen LogP contribution in [0.1, 0.15) is 39.5 Å². The quantitative estimate of drug-likeness (QED) is 0.857. The summed E-state index contributed by atoms with van der Waals surface area (Å²) in [5.74, 6) is 0. The van der Waals surface area contributed by atoms with E-state index in [0.29, 0.717) is 31.8 Å². The van der Waals surface area contributed by atoms with Crippen LogP contribution in [0.5, 0.6) is 0 Å². The van der Waals surface area contributed by atoms with E-state index < -0.39 is 0 Å². The van der Waals surface area contributed by atoms with E-state index in [1.807, 2.05) is 4.90 Å². The number of nitrogens with zero attached hydrogens (tertiary/aromatic N) is 2. The van der Waals surface area contributed by atoms with E-state index in [1.54, 1.807) is 0 Å². The number of morpholine rings is 1. The summed E-state index contributed by atoms with van der Waals surface area (Å²) in [6.45, 7) is 6.23. The van der Waals surface area contributed by atoms with E-state index in [-0.39, 0.29) is 11.6 Å². The van der Waals surface area contributed by atoms with Gasteiger partial charge in [0.2, 0.25) is 0 Å². The lowest BCUT2D eigenvalue weighted by Gasteiger charge is -2.40. The van der Waals surface area contributed by atoms with Gasteiger partial charge in [-0.1, -0.05) is 6.92 Å². The maximum Gasteiger partial charge on any atom is 0.317 e. The summed E-state index contributed by atoms with van der Waals surface area (Å²) in [6.07, 6.45) is 4.26. The van der Waals surface area contributed by atoms with Crippen molar-refractivity contribution in [3.8, 4) is 0 Å². The van der Waals surface area contributed by atoms with Crippen LogP contribution in [0.4, 0.5) is 4.79 Å². The number of carbonyl (C=O) groups is 1. The molecule has 1 N–H and O–H groups in total. The van der Waals surface area contributed by atoms with E-state index in [9.17, 15) is 4.79 Å². The third-order valence-corrected chi connectivity index (χ3v) is 4.84. The highest BCUT2D eigenvalue weighted by Crippen LogP contribution is 2.24. The number of amides is 2. The van der Waals surface area contributed by atoms with Gasteiger partial charge < -0.3 is 19.9 Å². The Morgan fingerprint density at radius 3 is 2.80 bits per heavy atom. The molecule has 116 valence electrons. The summed E-state index contributed by atoms with van der Waals surface area (Å²) < 4.78 is 5.79. The Morgan fingerprint density at radius 2 is 2.20 bits per heavy atom. The Balaban J connectivity index is 1.83. The van der Waals surface area contributed by atoms with Crippen LogP contribution in [0.15, 0.2) is 0 Å². The lowest BCUT2D eigenvalue weighted by Crippen LogP contribution is -2.55. The molecule has 2 amide bonds. The van der Waals surface area contributed by atoms with Crippen LogP contribution < -0.4 is 5.32 Å². The molecule has 1 aliphatic carbocycles. The van der Waals surface area contributed by atoms with Gasteiger partial charge in [0.1, 0.15) is 0 Å². The second-order valence-electron chi connectivity index (χ2n) is 6.65. The second kappa shape index (κ2) is 6.31. The van der Waals surface area contributed by atoms with E-state index in [1.165, 1.54) is 6.42 Å². The van der Waals surface area contributed by atoms with Gasteiger partial charge in [-0.05, 0) is 46.7 Å². The van der Waals surface area contributed by atoms with Crippen LogP contribution in [0, 0.1) is 0 Å². The van der Waals surface area contributed by atoms with Crippen molar-refractivity contribution in [3.05, 3.63) is 0 Å². The Morgan fingerprint density at radius 1 is 1.45 bits per heavy atom. The number of rotatable bonds is 3. The SMILES string of the molecule is CC[C@]1(C)CN(C(=O)N[C@@H]2CC[C@H](N(C)C)C2)CCO1. The lowest BCUT2D eigenvalue weighted by molar-refractivity contribution is -0.0874. The fourth-order valence-electron chi connectivity index (χ4n) is 3.14. The monoisotopic (exact) mass is 283 g/mol. The number of urea groups is 1. The fraction of sp³-hybridized carbons (Fsp3) is 0.933. The highest BCUT2D eigenvalue weighted by Gasteiger charge is 2.34. The Labute approximate surface area is 122 Å². The third-order valence-electron chi connectivity index (χ3n) is 4.84. The van der Waals surface area contributed by atoms with E-state index in [2.05, 4.69) is 38.2 Å². The zero-order chi connectivity index (χ0) is 14.8. The number of hydrogen-bond donors (Lipinski definition) is 1. The molecule has 5 heteroatoms. The van der Waals surface area contributed by atoms with Crippen LogP contribution in [-0.4, -0.2) is 67.3 Å². The molecule has 0 radical (unpaired) electrons. The minimum Gasteiger partial charge on any atom is -0.372 e. The minimum absolute atomic E-state index is 0.0809. The number of carbonyl (C=O) groups excluding carboxylic acids is 1. The first kappa shape index (κ1) is 15.6. The van der Waals surface area contributed by atoms with Gasteiger partial charge in [0.15, 0.2) is 0 Å². The van der Waals surface area contributed by atoms with Gasteiger partial charge in [0, 0.05) is 18.6 Å². The van der Waals surface area contributed by atoms with Crippen molar-refractivity contribution in [3.63, 3.8) is 0 Å². The van der Waals surface area contributed by atoms with Gasteiger partial charge in [0.05, 0.1) is 18.8 Å². The fourth-order valence-corrected chi connectivity index (χ4v) is 3.14. The first-order chi connectivity index (χ1) is 9.43. The second-order valence-corrected chi connectivity index (χ2v) is 6.65. The Kier molecular flexibility index (Phi) is 4.91. The van der Waals surface area contributed by atoms with E-state index in [4.69, 9.17) is 4.74 Å². The maximum absolute atomic E-state index is 12.4. The van der Waals surface area contributed by atoms with Gasteiger partial charge in [0.25, 0.3) is 0 Å². The molecule has 3 atom stereocenters. The van der Waals surface area contributed by atoms with Gasteiger partial charge in [-0.2, -0.15) is 0 Å². The molecule has 2 aliphatic rings. The van der Waals surface area contributed by atoms with Crippen LogP contribution in [0.2, 0.25) is 0 Å². The predicted octanol–water partition coefficient (Wildman–Crippen LogP) is 1.68. The summed E-state index contributed by atoms with van der Waals surface area (Å²) in [6, 6.07) is 1.01. The summed E-state index contributed by atoms with van der Waals surface area (Å²) in [5.41, 5.74) is -0.183. The van der Waals surface area contributed by atoms with Crippen LogP contribution in [0.25, 0.3) is 0 Å². The normalized spacial score (nSPS) is 34.5. The van der Waals surface area contributed by atoms with Gasteiger partial charge in [-0.3, -0.25) is 0 Å². The first-order valence-electron chi connectivity index (χ1n) is 7.79. The summed E-state index contributed by atoms with van der Waals surface area (Å²) >= 11 is 0. The maximum atomic E-state index is 12.4. The van der Waals surface area contributed by atoms with Crippen molar-refractivity contribution >= 4 is 6.03 Å². The average Bonchev–Trinajstić information content (AvgIpc) is 2.87. The molecular weight excluding hydrogens is 254 g/mol. The van der Waals surface area contributed by atoms with Crippen molar-refractivity contribution in [2.45, 2.75) is 57.2 Å². The topological polar surface area (TPSA) is 44.8 Å². The minimum atomic E-state index is -0.183. The van der Waals surface area contributed by atoms with Gasteiger partial charge in [-0.15, -0.1) is 0 Å². The third kappa shape index (κ3) is 3.64. The molecule has 0 aromatic rings. The predicted molar refractivity (Wildman–Crippen MR) is 79.9 cm³/mol. The molecule has 20 heavy (non-hydrogen) atoms. The molecule has 5 nitrogen and oxygen atoms in total. The Bertz CT molecular complexity index is 348. The highest BCUT2D eigenvalue weighted by atomic mass is 16.5. The summed E-state index contributed by atoms with van der Waals surface area (Å²) in [5, 5.41) is 3.20. The average molecular weight is 283 g/mol. The van der Waals surface area contributed by atoms with Gasteiger partial charge >= 0.3 is 6.03 Å². The molecule has 1 heterocycles. The van der Waals surface area contributed by atoms with E-state index in [0.717, 1.165) is 19.3 Å². The zero-order valence-electron chi connectivity index (χ0n) is 13.3. The Hall–Kier alpha value is -0.810. The first-order valence-corrected chi connectivity index (χ1v) is 7.79. The molecule has 2 rings (SSSR count). The van der Waals surface area contributed by atoms with Crippen LogP contribution in [0.3, 0.4) is 0 Å².